The van der Waals surface area contributed by atoms with Gasteiger partial charge in [-0.1, -0.05) is 6.92 Å². The first-order valence-corrected chi connectivity index (χ1v) is 7.95. The summed E-state index contributed by atoms with van der Waals surface area (Å²) in [6.07, 6.45) is 1.16. The molecule has 0 saturated carbocycles. The SMILES string of the molecule is CCc1ccc(CNCC2CSCCN2)s1. The van der Waals surface area contributed by atoms with Gasteiger partial charge < -0.3 is 10.6 Å². The van der Waals surface area contributed by atoms with Crippen LogP contribution in [0.1, 0.15) is 16.7 Å². The smallest absolute Gasteiger partial charge is 0.0300 e. The third kappa shape index (κ3) is 3.77. The van der Waals surface area contributed by atoms with E-state index in [4.69, 9.17) is 0 Å². The fraction of sp³-hybridized carbons (Fsp3) is 0.667. The number of rotatable bonds is 5. The van der Waals surface area contributed by atoms with Crippen molar-refractivity contribution in [2.24, 2.45) is 0 Å². The third-order valence-corrected chi connectivity index (χ3v) is 5.11. The molecule has 0 amide bonds. The summed E-state index contributed by atoms with van der Waals surface area (Å²) in [5, 5.41) is 7.09. The summed E-state index contributed by atoms with van der Waals surface area (Å²) in [5.74, 6) is 2.51. The number of nitrogens with one attached hydrogen (secondary N) is 2. The molecule has 0 bridgehead atoms. The molecular weight excluding hydrogens is 236 g/mol. The maximum absolute atomic E-state index is 3.54. The number of hydrogen-bond acceptors (Lipinski definition) is 4. The molecule has 0 aliphatic carbocycles. The van der Waals surface area contributed by atoms with Gasteiger partial charge in [0.05, 0.1) is 0 Å². The highest BCUT2D eigenvalue weighted by atomic mass is 32.2. The number of aryl methyl sites for hydroxylation is 1. The Morgan fingerprint density at radius 1 is 1.44 bits per heavy atom. The highest BCUT2D eigenvalue weighted by Crippen LogP contribution is 2.16. The van der Waals surface area contributed by atoms with Gasteiger partial charge in [0, 0.05) is 46.9 Å². The van der Waals surface area contributed by atoms with Crippen LogP contribution in [0.2, 0.25) is 0 Å². The topological polar surface area (TPSA) is 24.1 Å². The quantitative estimate of drug-likeness (QED) is 0.844. The Bertz CT molecular complexity index is 306. The van der Waals surface area contributed by atoms with E-state index in [9.17, 15) is 0 Å². The van der Waals surface area contributed by atoms with Crippen LogP contribution in [0.5, 0.6) is 0 Å². The van der Waals surface area contributed by atoms with Crippen LogP contribution >= 0.6 is 23.1 Å². The average molecular weight is 256 g/mol. The van der Waals surface area contributed by atoms with Gasteiger partial charge >= 0.3 is 0 Å². The van der Waals surface area contributed by atoms with Gasteiger partial charge in [-0.25, -0.2) is 0 Å². The second-order valence-corrected chi connectivity index (χ2v) is 6.48. The summed E-state index contributed by atoms with van der Waals surface area (Å²) >= 11 is 3.99. The predicted octanol–water partition coefficient (Wildman–Crippen LogP) is 2.11. The molecule has 2 nitrogen and oxygen atoms in total. The maximum Gasteiger partial charge on any atom is 0.0300 e. The first kappa shape index (κ1) is 12.4. The zero-order valence-electron chi connectivity index (χ0n) is 9.79. The van der Waals surface area contributed by atoms with Crippen LogP contribution in [0.3, 0.4) is 0 Å². The molecule has 1 atom stereocenters. The van der Waals surface area contributed by atoms with E-state index in [-0.39, 0.29) is 0 Å². The number of hydrogen-bond donors (Lipinski definition) is 2. The van der Waals surface area contributed by atoms with Gasteiger partial charge in [0.2, 0.25) is 0 Å². The lowest BCUT2D eigenvalue weighted by Crippen LogP contribution is -2.44. The molecule has 90 valence electrons. The minimum Gasteiger partial charge on any atom is -0.311 e. The Labute approximate surface area is 106 Å². The zero-order valence-corrected chi connectivity index (χ0v) is 11.4. The summed E-state index contributed by atoms with van der Waals surface area (Å²) in [6, 6.07) is 5.15. The van der Waals surface area contributed by atoms with Crippen molar-refractivity contribution in [3.05, 3.63) is 21.9 Å². The van der Waals surface area contributed by atoms with Crippen molar-refractivity contribution < 1.29 is 0 Å². The molecule has 4 heteroatoms. The average Bonchev–Trinajstić information content (AvgIpc) is 2.78. The van der Waals surface area contributed by atoms with Crippen molar-refractivity contribution in [2.75, 3.05) is 24.6 Å². The summed E-state index contributed by atoms with van der Waals surface area (Å²) in [7, 11) is 0. The van der Waals surface area contributed by atoms with Crippen LogP contribution in [0.15, 0.2) is 12.1 Å². The monoisotopic (exact) mass is 256 g/mol. The van der Waals surface area contributed by atoms with Crippen molar-refractivity contribution in [1.82, 2.24) is 10.6 Å². The van der Waals surface area contributed by atoms with Crippen LogP contribution in [-0.4, -0.2) is 30.6 Å². The molecule has 1 saturated heterocycles. The molecule has 2 rings (SSSR count). The standard InChI is InChI=1S/C12H20N2S2/c1-2-11-3-4-12(16-11)8-13-7-10-9-15-6-5-14-10/h3-4,10,13-14H,2,5-9H2,1H3. The lowest BCUT2D eigenvalue weighted by molar-refractivity contribution is 0.515. The number of thioether (sulfide) groups is 1. The molecule has 1 unspecified atom stereocenters. The van der Waals surface area contributed by atoms with Gasteiger partial charge in [-0.2, -0.15) is 11.8 Å². The Morgan fingerprint density at radius 2 is 2.31 bits per heavy atom. The lowest BCUT2D eigenvalue weighted by atomic mass is 10.3. The molecular formula is C12H20N2S2. The molecule has 1 aromatic heterocycles. The second-order valence-electron chi connectivity index (χ2n) is 4.08. The highest BCUT2D eigenvalue weighted by molar-refractivity contribution is 7.99. The van der Waals surface area contributed by atoms with Crippen molar-refractivity contribution in [2.45, 2.75) is 25.9 Å². The Kier molecular flexibility index (Phi) is 5.16. The summed E-state index contributed by atoms with van der Waals surface area (Å²) in [6.45, 7) is 5.49. The van der Waals surface area contributed by atoms with E-state index in [1.807, 2.05) is 11.3 Å². The minimum absolute atomic E-state index is 0.657. The summed E-state index contributed by atoms with van der Waals surface area (Å²) in [4.78, 5) is 2.95. The fourth-order valence-corrected chi connectivity index (χ4v) is 3.70. The molecule has 16 heavy (non-hydrogen) atoms. The van der Waals surface area contributed by atoms with Crippen molar-refractivity contribution in [3.8, 4) is 0 Å². The van der Waals surface area contributed by atoms with Crippen molar-refractivity contribution >= 4 is 23.1 Å². The van der Waals surface area contributed by atoms with Crippen LogP contribution in [0, 0.1) is 0 Å². The summed E-state index contributed by atoms with van der Waals surface area (Å²) < 4.78 is 0. The normalized spacial score (nSPS) is 21.2. The van der Waals surface area contributed by atoms with Crippen LogP contribution in [0.4, 0.5) is 0 Å². The van der Waals surface area contributed by atoms with E-state index in [2.05, 4.69) is 41.5 Å². The van der Waals surface area contributed by atoms with Crippen LogP contribution in [0.25, 0.3) is 0 Å². The largest absolute Gasteiger partial charge is 0.311 e. The molecule has 1 aliphatic heterocycles. The van der Waals surface area contributed by atoms with Gasteiger partial charge in [0.15, 0.2) is 0 Å². The summed E-state index contributed by atoms with van der Waals surface area (Å²) in [5.41, 5.74) is 0. The predicted molar refractivity (Wildman–Crippen MR) is 74.5 cm³/mol. The van der Waals surface area contributed by atoms with E-state index in [0.29, 0.717) is 6.04 Å². The van der Waals surface area contributed by atoms with E-state index in [1.54, 1.807) is 0 Å². The van der Waals surface area contributed by atoms with E-state index in [0.717, 1.165) is 26.1 Å². The van der Waals surface area contributed by atoms with Crippen molar-refractivity contribution in [3.63, 3.8) is 0 Å². The Morgan fingerprint density at radius 3 is 3.00 bits per heavy atom. The maximum atomic E-state index is 3.54. The molecule has 2 N–H and O–H groups in total. The van der Waals surface area contributed by atoms with Crippen molar-refractivity contribution in [1.29, 1.82) is 0 Å². The Balaban J connectivity index is 1.66. The number of thiophene rings is 1. The molecule has 1 fully saturated rings. The lowest BCUT2D eigenvalue weighted by Gasteiger charge is -2.23. The second kappa shape index (κ2) is 6.64. The van der Waals surface area contributed by atoms with Gasteiger partial charge in [0.1, 0.15) is 0 Å². The van der Waals surface area contributed by atoms with E-state index >= 15 is 0 Å². The first-order chi connectivity index (χ1) is 7.88. The molecule has 0 aromatic carbocycles. The molecule has 2 heterocycles. The molecule has 1 aromatic rings. The van der Waals surface area contributed by atoms with Gasteiger partial charge in [-0.05, 0) is 18.6 Å². The van der Waals surface area contributed by atoms with E-state index in [1.165, 1.54) is 21.3 Å². The van der Waals surface area contributed by atoms with Crippen LogP contribution < -0.4 is 10.6 Å². The van der Waals surface area contributed by atoms with Gasteiger partial charge in [0.25, 0.3) is 0 Å². The zero-order chi connectivity index (χ0) is 11.2. The fourth-order valence-electron chi connectivity index (χ4n) is 1.83. The molecule has 0 spiro atoms. The minimum atomic E-state index is 0.657. The molecule has 0 radical (unpaired) electrons. The highest BCUT2D eigenvalue weighted by Gasteiger charge is 2.11. The van der Waals surface area contributed by atoms with Gasteiger partial charge in [-0.15, -0.1) is 11.3 Å². The molecule has 1 aliphatic rings. The first-order valence-electron chi connectivity index (χ1n) is 5.98. The van der Waals surface area contributed by atoms with E-state index < -0.39 is 0 Å². The Hall–Kier alpha value is -0.0300. The van der Waals surface area contributed by atoms with Crippen LogP contribution in [-0.2, 0) is 13.0 Å². The third-order valence-electron chi connectivity index (χ3n) is 2.75. The van der Waals surface area contributed by atoms with Gasteiger partial charge in [-0.3, -0.25) is 0 Å².